The summed E-state index contributed by atoms with van der Waals surface area (Å²) in [7, 11) is -3.52. The van der Waals surface area contributed by atoms with E-state index >= 15 is 0 Å². The number of nitrogens with zero attached hydrogens (tertiary/aromatic N) is 1. The highest BCUT2D eigenvalue weighted by Crippen LogP contribution is 2.49. The molecule has 2 aliphatic rings. The lowest BCUT2D eigenvalue weighted by atomic mass is 9.81. The molecule has 0 spiro atoms. The van der Waals surface area contributed by atoms with Gasteiger partial charge in [-0.2, -0.15) is 12.7 Å². The highest BCUT2D eigenvalue weighted by molar-refractivity contribution is 7.87. The molecule has 0 aromatic heterocycles. The first-order chi connectivity index (χ1) is 8.42. The van der Waals surface area contributed by atoms with Crippen molar-refractivity contribution in [2.45, 2.75) is 32.6 Å². The van der Waals surface area contributed by atoms with E-state index in [1.807, 2.05) is 6.92 Å². The van der Waals surface area contributed by atoms with Crippen molar-refractivity contribution in [3.63, 3.8) is 0 Å². The zero-order valence-electron chi connectivity index (χ0n) is 10.6. The van der Waals surface area contributed by atoms with E-state index in [4.69, 9.17) is 0 Å². The van der Waals surface area contributed by atoms with Crippen LogP contribution in [0.25, 0.3) is 0 Å². The first-order valence-corrected chi connectivity index (χ1v) is 7.84. The van der Waals surface area contributed by atoms with Crippen LogP contribution in [-0.4, -0.2) is 43.4 Å². The number of fused-ring (bicyclic) bond motifs is 1. The second-order valence-electron chi connectivity index (χ2n) is 5.24. The van der Waals surface area contributed by atoms with Crippen molar-refractivity contribution < 1.29 is 18.3 Å². The maximum atomic E-state index is 12.0. The van der Waals surface area contributed by atoms with Gasteiger partial charge < -0.3 is 5.11 Å². The molecule has 18 heavy (non-hydrogen) atoms. The molecule has 6 nitrogen and oxygen atoms in total. The number of carboxylic acids is 1. The van der Waals surface area contributed by atoms with Crippen molar-refractivity contribution >= 4 is 16.2 Å². The third-order valence-corrected chi connectivity index (χ3v) is 5.67. The molecular formula is C11H20N2O4S. The van der Waals surface area contributed by atoms with Gasteiger partial charge in [-0.3, -0.25) is 4.79 Å². The number of hydrogen-bond donors (Lipinski definition) is 2. The molecular weight excluding hydrogens is 256 g/mol. The Balaban J connectivity index is 2.14. The summed E-state index contributed by atoms with van der Waals surface area (Å²) < 4.78 is 27.8. The summed E-state index contributed by atoms with van der Waals surface area (Å²) in [5.74, 6) is -0.883. The Labute approximate surface area is 108 Å². The smallest absolute Gasteiger partial charge is 0.311 e. The van der Waals surface area contributed by atoms with Crippen molar-refractivity contribution in [3.8, 4) is 0 Å². The maximum absolute atomic E-state index is 12.0. The first-order valence-electron chi connectivity index (χ1n) is 6.40. The number of rotatable bonds is 5. The van der Waals surface area contributed by atoms with Crippen molar-refractivity contribution in [1.82, 2.24) is 9.03 Å². The van der Waals surface area contributed by atoms with Gasteiger partial charge in [0.1, 0.15) is 0 Å². The van der Waals surface area contributed by atoms with Crippen LogP contribution in [0.1, 0.15) is 32.6 Å². The van der Waals surface area contributed by atoms with Crippen molar-refractivity contribution in [1.29, 1.82) is 0 Å². The molecule has 2 rings (SSSR count). The van der Waals surface area contributed by atoms with Gasteiger partial charge in [0, 0.05) is 19.6 Å². The van der Waals surface area contributed by atoms with Gasteiger partial charge in [-0.15, -0.1) is 0 Å². The molecule has 0 bridgehead atoms. The fraction of sp³-hybridized carbons (Fsp3) is 0.909. The van der Waals surface area contributed by atoms with Crippen LogP contribution in [0, 0.1) is 11.3 Å². The van der Waals surface area contributed by atoms with Crippen LogP contribution < -0.4 is 4.72 Å². The number of hydrogen-bond acceptors (Lipinski definition) is 3. The molecule has 0 unspecified atom stereocenters. The second-order valence-corrected chi connectivity index (χ2v) is 7.00. The molecule has 1 saturated heterocycles. The third kappa shape index (κ3) is 2.15. The van der Waals surface area contributed by atoms with E-state index in [9.17, 15) is 18.3 Å². The SMILES string of the molecule is CCCNS(=O)(=O)N1C[C@@H]2CCC[C@@]2(C(=O)O)C1. The lowest BCUT2D eigenvalue weighted by molar-refractivity contribution is -0.149. The topological polar surface area (TPSA) is 86.7 Å². The monoisotopic (exact) mass is 276 g/mol. The summed E-state index contributed by atoms with van der Waals surface area (Å²) in [6, 6.07) is 0. The summed E-state index contributed by atoms with van der Waals surface area (Å²) in [4.78, 5) is 11.4. The Kier molecular flexibility index (Phi) is 3.66. The van der Waals surface area contributed by atoms with Gasteiger partial charge in [0.05, 0.1) is 5.41 Å². The summed E-state index contributed by atoms with van der Waals surface area (Å²) in [5, 5.41) is 9.39. The zero-order chi connectivity index (χ0) is 13.4. The van der Waals surface area contributed by atoms with E-state index < -0.39 is 21.6 Å². The Hall–Kier alpha value is -0.660. The number of carboxylic acid groups (broad SMARTS) is 1. The third-order valence-electron chi connectivity index (χ3n) is 4.14. The van der Waals surface area contributed by atoms with Crippen LogP contribution in [0.15, 0.2) is 0 Å². The van der Waals surface area contributed by atoms with Crippen LogP contribution >= 0.6 is 0 Å². The molecule has 1 saturated carbocycles. The zero-order valence-corrected chi connectivity index (χ0v) is 11.4. The minimum atomic E-state index is -3.52. The van der Waals surface area contributed by atoms with E-state index in [1.54, 1.807) is 0 Å². The molecule has 1 aliphatic heterocycles. The van der Waals surface area contributed by atoms with Gasteiger partial charge in [-0.05, 0) is 25.2 Å². The van der Waals surface area contributed by atoms with E-state index in [-0.39, 0.29) is 12.5 Å². The normalized spacial score (nSPS) is 32.6. The average Bonchev–Trinajstić information content (AvgIpc) is 2.83. The Bertz CT molecular complexity index is 436. The molecule has 1 aliphatic carbocycles. The maximum Gasteiger partial charge on any atom is 0.311 e. The van der Waals surface area contributed by atoms with Crippen molar-refractivity contribution in [2.24, 2.45) is 11.3 Å². The largest absolute Gasteiger partial charge is 0.481 e. The minimum absolute atomic E-state index is 0.0341. The van der Waals surface area contributed by atoms with Gasteiger partial charge in [-0.25, -0.2) is 4.72 Å². The Morgan fingerprint density at radius 2 is 2.28 bits per heavy atom. The van der Waals surface area contributed by atoms with Gasteiger partial charge in [0.25, 0.3) is 10.2 Å². The number of carbonyl (C=O) groups is 1. The van der Waals surface area contributed by atoms with E-state index in [0.717, 1.165) is 19.3 Å². The standard InChI is InChI=1S/C11H20N2O4S/c1-2-6-12-18(16,17)13-7-9-4-3-5-11(9,8-13)10(14)15/h9,12H,2-8H2,1H3,(H,14,15)/t9-,11+/m0/s1. The van der Waals surface area contributed by atoms with Crippen LogP contribution in [0.4, 0.5) is 0 Å². The molecule has 1 heterocycles. The van der Waals surface area contributed by atoms with Gasteiger partial charge in [-0.1, -0.05) is 13.3 Å². The fourth-order valence-corrected chi connectivity index (χ4v) is 4.52. The average molecular weight is 276 g/mol. The highest BCUT2D eigenvalue weighted by atomic mass is 32.2. The molecule has 0 aromatic carbocycles. The van der Waals surface area contributed by atoms with Crippen molar-refractivity contribution in [2.75, 3.05) is 19.6 Å². The molecule has 7 heteroatoms. The lowest BCUT2D eigenvalue weighted by Crippen LogP contribution is -2.42. The van der Waals surface area contributed by atoms with E-state index in [0.29, 0.717) is 19.5 Å². The fourth-order valence-electron chi connectivity index (χ4n) is 3.10. The lowest BCUT2D eigenvalue weighted by Gasteiger charge is -2.23. The summed E-state index contributed by atoms with van der Waals surface area (Å²) in [6.45, 7) is 2.74. The quantitative estimate of drug-likeness (QED) is 0.762. The van der Waals surface area contributed by atoms with E-state index in [2.05, 4.69) is 4.72 Å². The summed E-state index contributed by atoms with van der Waals surface area (Å²) >= 11 is 0. The summed E-state index contributed by atoms with van der Waals surface area (Å²) in [5.41, 5.74) is -0.846. The van der Waals surface area contributed by atoms with Crippen molar-refractivity contribution in [3.05, 3.63) is 0 Å². The van der Waals surface area contributed by atoms with Gasteiger partial charge in [0.15, 0.2) is 0 Å². The van der Waals surface area contributed by atoms with Crippen LogP contribution in [0.3, 0.4) is 0 Å². The highest BCUT2D eigenvalue weighted by Gasteiger charge is 2.57. The number of nitrogens with one attached hydrogen (secondary N) is 1. The molecule has 2 fully saturated rings. The predicted octanol–water partition coefficient (Wildman–Crippen LogP) is 0.417. The van der Waals surface area contributed by atoms with Gasteiger partial charge >= 0.3 is 5.97 Å². The van der Waals surface area contributed by atoms with Gasteiger partial charge in [0.2, 0.25) is 0 Å². The Morgan fingerprint density at radius 1 is 1.56 bits per heavy atom. The summed E-state index contributed by atoms with van der Waals surface area (Å²) in [6.07, 6.45) is 3.01. The molecule has 104 valence electrons. The predicted molar refractivity (Wildman–Crippen MR) is 66.2 cm³/mol. The number of aliphatic carboxylic acids is 1. The van der Waals surface area contributed by atoms with Crippen LogP contribution in [0.2, 0.25) is 0 Å². The molecule has 2 atom stereocenters. The molecule has 0 aromatic rings. The molecule has 2 N–H and O–H groups in total. The van der Waals surface area contributed by atoms with E-state index in [1.165, 1.54) is 4.31 Å². The van der Waals surface area contributed by atoms with Crippen LogP contribution in [0.5, 0.6) is 0 Å². The first kappa shape index (κ1) is 13.8. The van der Waals surface area contributed by atoms with Crippen LogP contribution in [-0.2, 0) is 15.0 Å². The Morgan fingerprint density at radius 3 is 2.83 bits per heavy atom. The molecule has 0 amide bonds. The minimum Gasteiger partial charge on any atom is -0.481 e. The second kappa shape index (κ2) is 4.79. The molecule has 0 radical (unpaired) electrons.